The highest BCUT2D eigenvalue weighted by Gasteiger charge is 2.18. The highest BCUT2D eigenvalue weighted by molar-refractivity contribution is 7.15. The van der Waals surface area contributed by atoms with Crippen LogP contribution in [0.1, 0.15) is 10.6 Å². The molecule has 0 unspecified atom stereocenters. The first-order valence-electron chi connectivity index (χ1n) is 5.88. The Morgan fingerprint density at radius 1 is 1.14 bits per heavy atom. The van der Waals surface area contributed by atoms with Crippen LogP contribution in [0.15, 0.2) is 18.2 Å². The molecule has 110 valence electrons. The first-order valence-corrected chi connectivity index (χ1v) is 6.70. The van der Waals surface area contributed by atoms with Gasteiger partial charge in [-0.25, -0.2) is 13.8 Å². The Bertz CT molecular complexity index is 696. The minimum atomic E-state index is -1.11. The van der Waals surface area contributed by atoms with Gasteiger partial charge in [0, 0.05) is 10.9 Å². The molecule has 2 rings (SSSR count). The highest BCUT2D eigenvalue weighted by atomic mass is 32.1. The van der Waals surface area contributed by atoms with Crippen molar-refractivity contribution in [3.05, 3.63) is 40.4 Å². The monoisotopic (exact) mass is 311 g/mol. The molecule has 0 aliphatic carbocycles. The second kappa shape index (κ2) is 5.96. The molecule has 1 aromatic carbocycles. The van der Waals surface area contributed by atoms with Crippen LogP contribution in [0.5, 0.6) is 0 Å². The zero-order valence-electron chi connectivity index (χ0n) is 11.2. The largest absolute Gasteiger partial charge is 0.315 e. The van der Waals surface area contributed by atoms with Gasteiger partial charge in [-0.05, 0) is 26.0 Å². The molecule has 2 aromatic rings. The highest BCUT2D eigenvalue weighted by Crippen LogP contribution is 2.21. The summed E-state index contributed by atoms with van der Waals surface area (Å²) >= 11 is 1.21. The van der Waals surface area contributed by atoms with E-state index in [2.05, 4.69) is 10.3 Å². The van der Waals surface area contributed by atoms with Gasteiger partial charge in [0.25, 0.3) is 0 Å². The molecule has 1 heterocycles. The molecule has 0 spiro atoms. The first kappa shape index (κ1) is 15.0. The zero-order valence-corrected chi connectivity index (χ0v) is 12.0. The van der Waals surface area contributed by atoms with E-state index in [-0.39, 0.29) is 5.13 Å². The average molecular weight is 311 g/mol. The van der Waals surface area contributed by atoms with Crippen LogP contribution >= 0.6 is 11.3 Å². The number of nitrogens with one attached hydrogen (secondary N) is 2. The maximum Gasteiger partial charge on any atom is 0.315 e. The lowest BCUT2D eigenvalue weighted by atomic mass is 10.3. The molecule has 0 aliphatic rings. The Hall–Kier alpha value is -2.35. The maximum absolute atomic E-state index is 13.4. The molecule has 0 radical (unpaired) electrons. The summed E-state index contributed by atoms with van der Waals surface area (Å²) in [6.45, 7) is 3.59. The normalized spacial score (nSPS) is 10.3. The summed E-state index contributed by atoms with van der Waals surface area (Å²) in [6.07, 6.45) is 0. The molecule has 0 fully saturated rings. The lowest BCUT2D eigenvalue weighted by Gasteiger charge is -2.05. The third kappa shape index (κ3) is 3.60. The molecule has 0 bridgehead atoms. The summed E-state index contributed by atoms with van der Waals surface area (Å²) in [5.41, 5.74) is 0.341. The summed E-state index contributed by atoms with van der Waals surface area (Å²) in [5.74, 6) is -3.67. The predicted octanol–water partition coefficient (Wildman–Crippen LogP) is 2.62. The number of hydrogen-bond acceptors (Lipinski definition) is 4. The van der Waals surface area contributed by atoms with Gasteiger partial charge in [0.2, 0.25) is 0 Å². The van der Waals surface area contributed by atoms with E-state index in [0.29, 0.717) is 0 Å². The number of aryl methyl sites for hydroxylation is 2. The van der Waals surface area contributed by atoms with Crippen molar-refractivity contribution in [3.8, 4) is 0 Å². The predicted molar refractivity (Wildman–Crippen MR) is 75.2 cm³/mol. The number of carbonyl (C=O) groups excluding carboxylic acids is 2. The van der Waals surface area contributed by atoms with E-state index in [0.717, 1.165) is 28.8 Å². The van der Waals surface area contributed by atoms with E-state index in [1.54, 1.807) is 6.92 Å². The number of nitrogens with zero attached hydrogens (tertiary/aromatic N) is 1. The Morgan fingerprint density at radius 2 is 1.81 bits per heavy atom. The van der Waals surface area contributed by atoms with E-state index >= 15 is 0 Å². The van der Waals surface area contributed by atoms with Crippen LogP contribution in [0.3, 0.4) is 0 Å². The Morgan fingerprint density at radius 3 is 2.43 bits per heavy atom. The number of halogens is 2. The fraction of sp³-hybridized carbons (Fsp3) is 0.154. The summed E-state index contributed by atoms with van der Waals surface area (Å²) in [4.78, 5) is 28.2. The van der Waals surface area contributed by atoms with Crippen molar-refractivity contribution in [2.24, 2.45) is 0 Å². The van der Waals surface area contributed by atoms with Crippen LogP contribution in [0.2, 0.25) is 0 Å². The minimum Gasteiger partial charge on any atom is -0.315 e. The summed E-state index contributed by atoms with van der Waals surface area (Å²) < 4.78 is 26.3. The van der Waals surface area contributed by atoms with Crippen molar-refractivity contribution in [1.29, 1.82) is 0 Å². The fourth-order valence-corrected chi connectivity index (χ4v) is 2.26. The van der Waals surface area contributed by atoms with Crippen molar-refractivity contribution in [3.63, 3.8) is 0 Å². The number of carbonyl (C=O) groups is 2. The Labute approximate surface area is 123 Å². The number of benzene rings is 1. The van der Waals surface area contributed by atoms with Gasteiger partial charge >= 0.3 is 11.8 Å². The Balaban J connectivity index is 2.06. The SMILES string of the molecule is Cc1nc(NC(=O)C(=O)Nc2cc(F)ccc2F)sc1C. The van der Waals surface area contributed by atoms with E-state index in [4.69, 9.17) is 0 Å². The molecule has 8 heteroatoms. The first-order chi connectivity index (χ1) is 9.86. The average Bonchev–Trinajstić information content (AvgIpc) is 2.72. The second-order valence-electron chi connectivity index (χ2n) is 4.19. The van der Waals surface area contributed by atoms with Crippen molar-refractivity contribution in [1.82, 2.24) is 4.98 Å². The van der Waals surface area contributed by atoms with Gasteiger partial charge in [-0.3, -0.25) is 14.9 Å². The van der Waals surface area contributed by atoms with E-state index < -0.39 is 29.1 Å². The molecule has 0 aliphatic heterocycles. The van der Waals surface area contributed by atoms with Gasteiger partial charge in [0.15, 0.2) is 5.13 Å². The zero-order chi connectivity index (χ0) is 15.6. The van der Waals surface area contributed by atoms with Gasteiger partial charge in [0.1, 0.15) is 11.6 Å². The van der Waals surface area contributed by atoms with Crippen LogP contribution in [0.25, 0.3) is 0 Å². The molecule has 2 N–H and O–H groups in total. The van der Waals surface area contributed by atoms with Crippen molar-refractivity contribution in [2.45, 2.75) is 13.8 Å². The molecule has 2 amide bonds. The molecule has 5 nitrogen and oxygen atoms in total. The third-order valence-electron chi connectivity index (χ3n) is 2.63. The van der Waals surface area contributed by atoms with Gasteiger partial charge in [0.05, 0.1) is 11.4 Å². The number of aromatic nitrogens is 1. The quantitative estimate of drug-likeness (QED) is 0.838. The van der Waals surface area contributed by atoms with Gasteiger partial charge < -0.3 is 5.32 Å². The molecule has 0 atom stereocenters. The van der Waals surface area contributed by atoms with E-state index in [1.807, 2.05) is 12.2 Å². The van der Waals surface area contributed by atoms with Crippen LogP contribution in [0, 0.1) is 25.5 Å². The number of amides is 2. The smallest absolute Gasteiger partial charge is 0.315 e. The fourth-order valence-electron chi connectivity index (χ4n) is 1.45. The molecule has 0 saturated carbocycles. The lowest BCUT2D eigenvalue weighted by Crippen LogP contribution is -2.29. The van der Waals surface area contributed by atoms with Crippen molar-refractivity contribution < 1.29 is 18.4 Å². The molecule has 0 saturated heterocycles. The van der Waals surface area contributed by atoms with Crippen LogP contribution in [-0.4, -0.2) is 16.8 Å². The molecule has 1 aromatic heterocycles. The standard InChI is InChI=1S/C13H11F2N3O2S/c1-6-7(2)21-13(16-6)18-12(20)11(19)17-10-5-8(14)3-4-9(10)15/h3-5H,1-2H3,(H,17,19)(H,16,18,20). The maximum atomic E-state index is 13.4. The molecular weight excluding hydrogens is 300 g/mol. The van der Waals surface area contributed by atoms with Crippen molar-refractivity contribution >= 4 is 34.0 Å². The van der Waals surface area contributed by atoms with Gasteiger partial charge in [-0.15, -0.1) is 11.3 Å². The number of hydrogen-bond donors (Lipinski definition) is 2. The van der Waals surface area contributed by atoms with E-state index in [1.165, 1.54) is 11.3 Å². The molecule has 21 heavy (non-hydrogen) atoms. The van der Waals surface area contributed by atoms with Crippen LogP contribution in [0.4, 0.5) is 19.6 Å². The van der Waals surface area contributed by atoms with E-state index in [9.17, 15) is 18.4 Å². The number of thiazole rings is 1. The molecular formula is C13H11F2N3O2S. The second-order valence-corrected chi connectivity index (χ2v) is 5.40. The minimum absolute atomic E-state index is 0.268. The summed E-state index contributed by atoms with van der Waals surface area (Å²) in [6, 6.07) is 2.56. The van der Waals surface area contributed by atoms with Gasteiger partial charge in [-0.1, -0.05) is 0 Å². The summed E-state index contributed by atoms with van der Waals surface area (Å²) in [5, 5.41) is 4.57. The lowest BCUT2D eigenvalue weighted by molar-refractivity contribution is -0.133. The number of rotatable bonds is 2. The third-order valence-corrected chi connectivity index (χ3v) is 3.62. The van der Waals surface area contributed by atoms with Gasteiger partial charge in [-0.2, -0.15) is 0 Å². The van der Waals surface area contributed by atoms with Crippen LogP contribution < -0.4 is 10.6 Å². The number of anilines is 2. The topological polar surface area (TPSA) is 71.1 Å². The van der Waals surface area contributed by atoms with Crippen molar-refractivity contribution in [2.75, 3.05) is 10.6 Å². The van der Waals surface area contributed by atoms with Crippen LogP contribution in [-0.2, 0) is 9.59 Å². The summed E-state index contributed by atoms with van der Waals surface area (Å²) in [7, 11) is 0. The Kier molecular flexibility index (Phi) is 4.27.